The molecule has 16 heteroatoms. The van der Waals surface area contributed by atoms with Crippen molar-refractivity contribution in [3.05, 3.63) is 36.0 Å². The number of carbonyl (C=O) groups excluding carboxylic acids is 4. The molecule has 16 nitrogen and oxygen atoms in total. The molecule has 4 amide bonds. The highest BCUT2D eigenvalue weighted by Gasteiger charge is 2.30. The standard InChI is InChI=1S/C28H43N9O7/c1-3-15(2)23(37-24(40)18(29)11-16-12-33-19-8-5-4-7-17(16)19)26(42)34-13-22(39)35-21(14-38)25(41)36-20(27(43)44)9-6-10-32-28(30)31/h4-5,7-8,12,15,18,20-21,23,33,38H,3,6,9-11,13-14,29H2,1-2H3,(H,34,42)(H,35,39)(H,36,41)(H,37,40)(H,43,44)(H4,30,31,32)/t15-,18-,20-,21-,23-/m0/s1. The molecule has 0 bridgehead atoms. The van der Waals surface area contributed by atoms with Crippen LogP contribution in [-0.2, 0) is 30.4 Å². The number of nitrogens with one attached hydrogen (secondary N) is 5. The van der Waals surface area contributed by atoms with Gasteiger partial charge < -0.3 is 53.7 Å². The Bertz CT molecular complexity index is 1330. The Morgan fingerprint density at radius 2 is 1.70 bits per heavy atom. The molecule has 2 aromatic rings. The number of guanidine groups is 1. The second-order valence-electron chi connectivity index (χ2n) is 10.4. The lowest BCUT2D eigenvalue weighted by Gasteiger charge is -2.25. The number of nitrogens with two attached hydrogens (primary N) is 3. The van der Waals surface area contributed by atoms with Gasteiger partial charge in [-0.1, -0.05) is 38.5 Å². The van der Waals surface area contributed by atoms with E-state index in [1.165, 1.54) is 0 Å². The van der Waals surface area contributed by atoms with Gasteiger partial charge in [0.25, 0.3) is 0 Å². The molecule has 0 saturated heterocycles. The number of carboxylic acid groups (broad SMARTS) is 1. The fourth-order valence-electron chi connectivity index (χ4n) is 4.34. The number of fused-ring (bicyclic) bond motifs is 1. The quantitative estimate of drug-likeness (QED) is 0.0489. The van der Waals surface area contributed by atoms with Crippen LogP contribution < -0.4 is 38.5 Å². The maximum absolute atomic E-state index is 13.0. The molecule has 0 spiro atoms. The molecule has 0 aliphatic carbocycles. The Balaban J connectivity index is 1.92. The average Bonchev–Trinajstić information content (AvgIpc) is 3.40. The molecule has 1 aromatic carbocycles. The number of aromatic nitrogens is 1. The Labute approximate surface area is 254 Å². The molecule has 0 saturated carbocycles. The molecule has 0 radical (unpaired) electrons. The monoisotopic (exact) mass is 617 g/mol. The lowest BCUT2D eigenvalue weighted by atomic mass is 9.97. The van der Waals surface area contributed by atoms with E-state index < -0.39 is 66.9 Å². The summed E-state index contributed by atoms with van der Waals surface area (Å²) in [4.78, 5) is 69.4. The largest absolute Gasteiger partial charge is 0.480 e. The Morgan fingerprint density at radius 3 is 2.34 bits per heavy atom. The predicted octanol–water partition coefficient (Wildman–Crippen LogP) is -2.22. The molecule has 0 aliphatic rings. The van der Waals surface area contributed by atoms with Crippen molar-refractivity contribution in [2.45, 2.75) is 63.7 Å². The molecule has 1 heterocycles. The molecular formula is C28H43N9O7. The number of carboxylic acids is 1. The van der Waals surface area contributed by atoms with Crippen LogP contribution in [0.1, 0.15) is 38.7 Å². The smallest absolute Gasteiger partial charge is 0.326 e. The molecular weight excluding hydrogens is 574 g/mol. The van der Waals surface area contributed by atoms with Gasteiger partial charge in [0.05, 0.1) is 19.2 Å². The summed E-state index contributed by atoms with van der Waals surface area (Å²) in [5.41, 5.74) is 18.4. The first-order valence-electron chi connectivity index (χ1n) is 14.2. The molecule has 0 aliphatic heterocycles. The molecule has 44 heavy (non-hydrogen) atoms. The summed E-state index contributed by atoms with van der Waals surface area (Å²) in [7, 11) is 0. The fourth-order valence-corrected chi connectivity index (χ4v) is 4.34. The van der Waals surface area contributed by atoms with Gasteiger partial charge in [0.1, 0.15) is 18.1 Å². The van der Waals surface area contributed by atoms with Gasteiger partial charge in [-0.15, -0.1) is 0 Å². The number of rotatable bonds is 18. The van der Waals surface area contributed by atoms with E-state index in [2.05, 4.69) is 31.2 Å². The van der Waals surface area contributed by atoms with Crippen molar-refractivity contribution < 1.29 is 34.2 Å². The maximum atomic E-state index is 13.0. The van der Waals surface area contributed by atoms with Crippen molar-refractivity contribution in [3.8, 4) is 0 Å². The van der Waals surface area contributed by atoms with Crippen LogP contribution in [0.25, 0.3) is 10.9 Å². The van der Waals surface area contributed by atoms with Gasteiger partial charge in [-0.3, -0.25) is 24.2 Å². The highest BCUT2D eigenvalue weighted by atomic mass is 16.4. The SMILES string of the molecule is CC[C@H](C)[C@H](NC(=O)[C@@H](N)Cc1c[nH]c2ccccc12)C(=O)NCC(=O)N[C@@H](CO)C(=O)N[C@@H](CCCN=C(N)N)C(=O)O. The first-order valence-corrected chi connectivity index (χ1v) is 14.2. The molecule has 5 atom stereocenters. The van der Waals surface area contributed by atoms with Crippen LogP contribution in [0, 0.1) is 5.92 Å². The van der Waals surface area contributed by atoms with Crippen LogP contribution in [0.3, 0.4) is 0 Å². The van der Waals surface area contributed by atoms with E-state index in [-0.39, 0.29) is 37.7 Å². The minimum Gasteiger partial charge on any atom is -0.480 e. The zero-order valence-electron chi connectivity index (χ0n) is 24.8. The molecule has 13 N–H and O–H groups in total. The summed E-state index contributed by atoms with van der Waals surface area (Å²) in [5.74, 6) is -4.72. The number of amides is 4. The number of carbonyl (C=O) groups is 5. The first kappa shape index (κ1) is 35.5. The van der Waals surface area contributed by atoms with Crippen LogP contribution in [0.2, 0.25) is 0 Å². The van der Waals surface area contributed by atoms with E-state index in [9.17, 15) is 34.2 Å². The van der Waals surface area contributed by atoms with Gasteiger partial charge in [0.2, 0.25) is 23.6 Å². The molecule has 242 valence electrons. The number of benzene rings is 1. The number of hydrogen-bond donors (Lipinski definition) is 10. The summed E-state index contributed by atoms with van der Waals surface area (Å²) in [6.45, 7) is 2.35. The van der Waals surface area contributed by atoms with Crippen molar-refractivity contribution in [3.63, 3.8) is 0 Å². The minimum atomic E-state index is -1.48. The number of nitrogens with zero attached hydrogens (tertiary/aromatic N) is 1. The second-order valence-corrected chi connectivity index (χ2v) is 10.4. The summed E-state index contributed by atoms with van der Waals surface area (Å²) in [5, 5.41) is 29.6. The van der Waals surface area contributed by atoms with Crippen molar-refractivity contribution in [2.24, 2.45) is 28.1 Å². The van der Waals surface area contributed by atoms with Gasteiger partial charge in [-0.05, 0) is 36.8 Å². The van der Waals surface area contributed by atoms with Crippen LogP contribution in [0.15, 0.2) is 35.5 Å². The lowest BCUT2D eigenvalue weighted by Crippen LogP contribution is -2.57. The predicted molar refractivity (Wildman–Crippen MR) is 163 cm³/mol. The van der Waals surface area contributed by atoms with Crippen LogP contribution in [0.4, 0.5) is 0 Å². The van der Waals surface area contributed by atoms with Crippen molar-refractivity contribution in [1.29, 1.82) is 0 Å². The van der Waals surface area contributed by atoms with Crippen molar-refractivity contribution in [1.82, 2.24) is 26.3 Å². The van der Waals surface area contributed by atoms with E-state index in [1.54, 1.807) is 13.1 Å². The lowest BCUT2D eigenvalue weighted by molar-refractivity contribution is -0.142. The van der Waals surface area contributed by atoms with Crippen molar-refractivity contribution in [2.75, 3.05) is 19.7 Å². The van der Waals surface area contributed by atoms with E-state index in [0.29, 0.717) is 6.42 Å². The highest BCUT2D eigenvalue weighted by molar-refractivity contribution is 5.94. The first-order chi connectivity index (χ1) is 20.9. The number of aliphatic carboxylic acids is 1. The normalized spacial score (nSPS) is 14.4. The third-order valence-corrected chi connectivity index (χ3v) is 7.06. The third kappa shape index (κ3) is 10.9. The Morgan fingerprint density at radius 1 is 1.00 bits per heavy atom. The molecule has 0 fully saturated rings. The summed E-state index contributed by atoms with van der Waals surface area (Å²) >= 11 is 0. The summed E-state index contributed by atoms with van der Waals surface area (Å²) in [6, 6.07) is 2.86. The minimum absolute atomic E-state index is 0.00579. The number of aromatic amines is 1. The van der Waals surface area contributed by atoms with E-state index in [0.717, 1.165) is 16.5 Å². The van der Waals surface area contributed by atoms with E-state index >= 15 is 0 Å². The number of aliphatic hydroxyl groups excluding tert-OH is 1. The molecule has 2 rings (SSSR count). The zero-order chi connectivity index (χ0) is 32.8. The number of aliphatic hydroxyl groups is 1. The van der Waals surface area contributed by atoms with E-state index in [4.69, 9.17) is 17.2 Å². The topological polar surface area (TPSA) is 280 Å². The van der Waals surface area contributed by atoms with Crippen LogP contribution >= 0.6 is 0 Å². The van der Waals surface area contributed by atoms with E-state index in [1.807, 2.05) is 31.2 Å². The molecule has 0 unspecified atom stereocenters. The summed E-state index contributed by atoms with van der Waals surface area (Å²) < 4.78 is 0. The number of para-hydroxylation sites is 1. The number of H-pyrrole nitrogens is 1. The van der Waals surface area contributed by atoms with Gasteiger partial charge >= 0.3 is 5.97 Å². The Hall–Kier alpha value is -4.70. The maximum Gasteiger partial charge on any atom is 0.326 e. The van der Waals surface area contributed by atoms with Gasteiger partial charge in [0, 0.05) is 23.6 Å². The highest BCUT2D eigenvalue weighted by Crippen LogP contribution is 2.19. The van der Waals surface area contributed by atoms with Gasteiger partial charge in [-0.25, -0.2) is 4.79 Å². The third-order valence-electron chi connectivity index (χ3n) is 7.06. The van der Waals surface area contributed by atoms with Crippen LogP contribution in [-0.4, -0.2) is 94.6 Å². The molecule has 1 aromatic heterocycles. The van der Waals surface area contributed by atoms with Crippen molar-refractivity contribution >= 4 is 46.5 Å². The number of hydrogen-bond acceptors (Lipinski definition) is 8. The second kappa shape index (κ2) is 17.4. The summed E-state index contributed by atoms with van der Waals surface area (Å²) in [6.07, 6.45) is 2.79. The van der Waals surface area contributed by atoms with Gasteiger partial charge in [-0.2, -0.15) is 0 Å². The Kier molecular flexibility index (Phi) is 14.1. The fraction of sp³-hybridized carbons (Fsp3) is 0.500. The van der Waals surface area contributed by atoms with Gasteiger partial charge in [0.15, 0.2) is 5.96 Å². The van der Waals surface area contributed by atoms with Crippen LogP contribution in [0.5, 0.6) is 0 Å². The average molecular weight is 618 g/mol. The number of aliphatic imine (C=N–C) groups is 1. The zero-order valence-corrected chi connectivity index (χ0v) is 24.8.